The molecule has 0 aromatic heterocycles. The summed E-state index contributed by atoms with van der Waals surface area (Å²) in [6.45, 7) is 8.27. The van der Waals surface area contributed by atoms with Crippen molar-refractivity contribution in [3.05, 3.63) is 12.7 Å². The quantitative estimate of drug-likeness (QED) is 0.654. The number of carbonyl (C=O) groups excluding carboxylic acids is 1. The number of hydrogen-bond acceptors (Lipinski definition) is 2. The minimum Gasteiger partial charge on any atom is -0.338 e. The van der Waals surface area contributed by atoms with Crippen molar-refractivity contribution >= 4 is 5.91 Å². The van der Waals surface area contributed by atoms with E-state index in [1.807, 2.05) is 4.90 Å². The minimum absolute atomic E-state index is 0.0580. The average Bonchev–Trinajstić information content (AvgIpc) is 2.18. The van der Waals surface area contributed by atoms with E-state index >= 15 is 0 Å². The molecule has 13 heavy (non-hydrogen) atoms. The van der Waals surface area contributed by atoms with Gasteiger partial charge in [0.1, 0.15) is 0 Å². The smallest absolute Gasteiger partial charge is 0.246 e. The van der Waals surface area contributed by atoms with E-state index in [2.05, 4.69) is 18.8 Å². The molecule has 0 bridgehead atoms. The maximum atomic E-state index is 11.3. The first kappa shape index (κ1) is 10.3. The molecular formula is C10H18N2O. The summed E-state index contributed by atoms with van der Waals surface area (Å²) in [5, 5.41) is 3.37. The van der Waals surface area contributed by atoms with Crippen LogP contribution in [0.3, 0.4) is 0 Å². The molecule has 74 valence electrons. The van der Waals surface area contributed by atoms with Gasteiger partial charge in [0.2, 0.25) is 5.91 Å². The predicted molar refractivity (Wildman–Crippen MR) is 53.5 cm³/mol. The first-order valence-corrected chi connectivity index (χ1v) is 4.92. The van der Waals surface area contributed by atoms with Crippen molar-refractivity contribution in [3.63, 3.8) is 0 Å². The van der Waals surface area contributed by atoms with Crippen LogP contribution in [-0.4, -0.2) is 36.5 Å². The Kier molecular flexibility index (Phi) is 3.96. The molecule has 1 atom stereocenters. The largest absolute Gasteiger partial charge is 0.338 e. The Morgan fingerprint density at radius 2 is 2.54 bits per heavy atom. The first-order chi connectivity index (χ1) is 6.27. The third kappa shape index (κ3) is 2.84. The first-order valence-electron chi connectivity index (χ1n) is 4.92. The van der Waals surface area contributed by atoms with Crippen molar-refractivity contribution in [1.29, 1.82) is 0 Å². The van der Waals surface area contributed by atoms with Crippen LogP contribution in [0.1, 0.15) is 19.8 Å². The maximum Gasteiger partial charge on any atom is 0.246 e. The molecule has 1 fully saturated rings. The topological polar surface area (TPSA) is 32.3 Å². The highest BCUT2D eigenvalue weighted by Crippen LogP contribution is 2.10. The van der Waals surface area contributed by atoms with Crippen LogP contribution in [0.5, 0.6) is 0 Å². The van der Waals surface area contributed by atoms with Crippen molar-refractivity contribution in [2.24, 2.45) is 0 Å². The van der Waals surface area contributed by atoms with Gasteiger partial charge in [-0.3, -0.25) is 4.79 Å². The van der Waals surface area contributed by atoms with E-state index in [-0.39, 0.29) is 5.91 Å². The Labute approximate surface area is 79.8 Å². The zero-order chi connectivity index (χ0) is 9.68. The second-order valence-corrected chi connectivity index (χ2v) is 3.39. The molecule has 1 aliphatic heterocycles. The van der Waals surface area contributed by atoms with Crippen LogP contribution in [0, 0.1) is 0 Å². The lowest BCUT2D eigenvalue weighted by atomic mass is 10.1. The highest BCUT2D eigenvalue weighted by molar-refractivity contribution is 5.87. The summed E-state index contributed by atoms with van der Waals surface area (Å²) in [5.74, 6) is 0.0580. The zero-order valence-corrected chi connectivity index (χ0v) is 8.25. The summed E-state index contributed by atoms with van der Waals surface area (Å²) >= 11 is 0. The van der Waals surface area contributed by atoms with Gasteiger partial charge in [0.25, 0.3) is 0 Å². The summed E-state index contributed by atoms with van der Waals surface area (Å²) in [7, 11) is 0. The van der Waals surface area contributed by atoms with Crippen LogP contribution in [0.4, 0.5) is 0 Å². The van der Waals surface area contributed by atoms with Crippen LogP contribution >= 0.6 is 0 Å². The summed E-state index contributed by atoms with van der Waals surface area (Å²) in [6.07, 6.45) is 3.67. The monoisotopic (exact) mass is 182 g/mol. The zero-order valence-electron chi connectivity index (χ0n) is 8.25. The predicted octanol–water partition coefficient (Wildman–Crippen LogP) is 0.773. The molecule has 1 aliphatic rings. The van der Waals surface area contributed by atoms with E-state index in [9.17, 15) is 4.79 Å². The van der Waals surface area contributed by atoms with E-state index in [1.54, 1.807) is 0 Å². The second-order valence-electron chi connectivity index (χ2n) is 3.39. The molecular weight excluding hydrogens is 164 g/mol. The number of likely N-dealkylation sites (N-methyl/N-ethyl adjacent to an activating group) is 1. The molecule has 3 heteroatoms. The fourth-order valence-electron chi connectivity index (χ4n) is 1.76. The van der Waals surface area contributed by atoms with Gasteiger partial charge in [-0.25, -0.2) is 0 Å². The Hall–Kier alpha value is -0.830. The van der Waals surface area contributed by atoms with Crippen LogP contribution in [-0.2, 0) is 4.79 Å². The number of carbonyl (C=O) groups is 1. The highest BCUT2D eigenvalue weighted by atomic mass is 16.2. The summed E-state index contributed by atoms with van der Waals surface area (Å²) in [4.78, 5) is 13.2. The molecule has 0 spiro atoms. The normalized spacial score (nSPS) is 22.8. The van der Waals surface area contributed by atoms with Crippen LogP contribution in [0.15, 0.2) is 12.7 Å². The number of likely N-dealkylation sites (tertiary alicyclic amines) is 1. The van der Waals surface area contributed by atoms with Crippen LogP contribution in [0.25, 0.3) is 0 Å². The molecule has 1 saturated heterocycles. The van der Waals surface area contributed by atoms with Crippen LogP contribution in [0.2, 0.25) is 0 Å². The number of nitrogens with one attached hydrogen (secondary N) is 1. The van der Waals surface area contributed by atoms with Gasteiger partial charge in [-0.05, 0) is 25.5 Å². The van der Waals surface area contributed by atoms with Gasteiger partial charge in [-0.2, -0.15) is 0 Å². The summed E-state index contributed by atoms with van der Waals surface area (Å²) in [5.41, 5.74) is 0. The van der Waals surface area contributed by atoms with E-state index in [1.165, 1.54) is 12.5 Å². The molecule has 0 aliphatic carbocycles. The lowest BCUT2D eigenvalue weighted by molar-refractivity contribution is -0.127. The maximum absolute atomic E-state index is 11.3. The Morgan fingerprint density at radius 1 is 1.77 bits per heavy atom. The molecule has 1 N–H and O–H groups in total. The molecule has 3 nitrogen and oxygen atoms in total. The molecule has 0 unspecified atom stereocenters. The van der Waals surface area contributed by atoms with Gasteiger partial charge in [-0.15, -0.1) is 0 Å². The van der Waals surface area contributed by atoms with Gasteiger partial charge in [0.05, 0.1) is 0 Å². The number of rotatable bonds is 3. The Balaban J connectivity index is 2.41. The van der Waals surface area contributed by atoms with E-state index in [0.29, 0.717) is 6.04 Å². The van der Waals surface area contributed by atoms with E-state index in [4.69, 9.17) is 0 Å². The molecule has 1 amide bonds. The molecule has 0 aromatic carbocycles. The SMILES string of the molecule is C=CC(=O)N1CCC[C@H](NCC)C1. The van der Waals surface area contributed by atoms with E-state index in [0.717, 1.165) is 26.1 Å². The van der Waals surface area contributed by atoms with Crippen molar-refractivity contribution in [1.82, 2.24) is 10.2 Å². The third-order valence-corrected chi connectivity index (χ3v) is 2.40. The van der Waals surface area contributed by atoms with Crippen LogP contribution < -0.4 is 5.32 Å². The standard InChI is InChI=1S/C10H18N2O/c1-3-10(13)12-7-5-6-9(8-12)11-4-2/h3,9,11H,1,4-8H2,2H3/t9-/m0/s1. The fraction of sp³-hybridized carbons (Fsp3) is 0.700. The van der Waals surface area contributed by atoms with Gasteiger partial charge in [0, 0.05) is 19.1 Å². The van der Waals surface area contributed by atoms with E-state index < -0.39 is 0 Å². The summed E-state index contributed by atoms with van der Waals surface area (Å²) in [6, 6.07) is 0.475. The molecule has 1 rings (SSSR count). The minimum atomic E-state index is 0.0580. The lowest BCUT2D eigenvalue weighted by Gasteiger charge is -2.32. The number of nitrogens with zero attached hydrogens (tertiary/aromatic N) is 1. The van der Waals surface area contributed by atoms with Crippen molar-refractivity contribution in [2.75, 3.05) is 19.6 Å². The number of amides is 1. The van der Waals surface area contributed by atoms with Gasteiger partial charge in [-0.1, -0.05) is 13.5 Å². The second kappa shape index (κ2) is 5.02. The highest BCUT2D eigenvalue weighted by Gasteiger charge is 2.20. The van der Waals surface area contributed by atoms with Crippen molar-refractivity contribution in [2.45, 2.75) is 25.8 Å². The van der Waals surface area contributed by atoms with Crippen molar-refractivity contribution in [3.8, 4) is 0 Å². The molecule has 0 saturated carbocycles. The van der Waals surface area contributed by atoms with Crippen molar-refractivity contribution < 1.29 is 4.79 Å². The summed E-state index contributed by atoms with van der Waals surface area (Å²) < 4.78 is 0. The molecule has 0 aromatic rings. The Bertz CT molecular complexity index is 189. The average molecular weight is 182 g/mol. The molecule has 1 heterocycles. The van der Waals surface area contributed by atoms with Gasteiger partial charge >= 0.3 is 0 Å². The number of hydrogen-bond donors (Lipinski definition) is 1. The number of piperidine rings is 1. The fourth-order valence-corrected chi connectivity index (χ4v) is 1.76. The lowest BCUT2D eigenvalue weighted by Crippen LogP contribution is -2.47. The Morgan fingerprint density at radius 3 is 3.15 bits per heavy atom. The van der Waals surface area contributed by atoms with Gasteiger partial charge in [0.15, 0.2) is 0 Å². The molecule has 0 radical (unpaired) electrons. The third-order valence-electron chi connectivity index (χ3n) is 2.40. The van der Waals surface area contributed by atoms with Gasteiger partial charge < -0.3 is 10.2 Å².